The van der Waals surface area contributed by atoms with Crippen LogP contribution >= 0.6 is 0 Å². The standard InChI is InChI=1S/C52H61N11O6/c1-5-31-10-12-32(13-11-31)24-53-47(67)41-20-36(65)27-63(41)48(68)45(51(2,3)4)57-50(69)61-29-52(30-61)22-35(23-52)60-17-14-33(15-18-60)34-25-54-49(55-26-34)62-19-16-39-44(42(62)28-64)38-21-40(58-59-46(38)56-39)37-8-6-7-9-43(37)66/h1,6-13,21,25-26,33,35-36,41-42,45,64-66H,14-20,22-24,27-30H2,2-4H3,(H,53,67)(H,56,59)(H,57,69)/t36-,41+,42-,45-/m1/s1. The third-order valence-corrected chi connectivity index (χ3v) is 15.3. The number of piperidine rings is 1. The van der Waals surface area contributed by atoms with Crippen LogP contribution in [-0.4, -0.2) is 143 Å². The Labute approximate surface area is 401 Å². The number of para-hydroxylation sites is 1. The number of aliphatic hydroxyl groups is 2. The lowest BCUT2D eigenvalue weighted by Crippen LogP contribution is -2.70. The third kappa shape index (κ3) is 8.97. The smallest absolute Gasteiger partial charge is 0.318 e. The van der Waals surface area contributed by atoms with E-state index < -0.39 is 23.6 Å². The SMILES string of the molecule is C#Cc1ccc(CNC(=O)[C@@H]2C[C@@H](O)CN2C(=O)[C@@H](NC(=O)N2CC3(CC(N4CCC(c5cnc(N6CCc7[nH]c8nnc(-c9ccccc9O)cc8c7[C@H]6CO)nc5)CC4)C3)C2)C(C)(C)C)cc1. The minimum absolute atomic E-state index is 0.0165. The van der Waals surface area contributed by atoms with Crippen molar-refractivity contribution in [2.75, 3.05) is 50.8 Å². The number of nitrogens with one attached hydrogen (secondary N) is 3. The molecular weight excluding hydrogens is 875 g/mol. The maximum Gasteiger partial charge on any atom is 0.318 e. The molecule has 0 unspecified atom stereocenters. The van der Waals surface area contributed by atoms with Gasteiger partial charge in [-0.05, 0) is 91.6 Å². The minimum atomic E-state index is -0.895. The topological polar surface area (TPSA) is 216 Å². The van der Waals surface area contributed by atoms with Crippen molar-refractivity contribution in [3.63, 3.8) is 0 Å². The molecule has 1 saturated carbocycles. The summed E-state index contributed by atoms with van der Waals surface area (Å²) >= 11 is 0. The number of carbonyl (C=O) groups excluding carboxylic acids is 3. The first-order valence-corrected chi connectivity index (χ1v) is 24.2. The first-order chi connectivity index (χ1) is 33.2. The number of anilines is 1. The number of H-pyrrole nitrogens is 1. The highest BCUT2D eigenvalue weighted by Crippen LogP contribution is 2.51. The van der Waals surface area contributed by atoms with E-state index in [1.807, 2.05) is 57.4 Å². The van der Waals surface area contributed by atoms with Crippen LogP contribution in [0.5, 0.6) is 5.75 Å². The number of amides is 4. The lowest BCUT2D eigenvalue weighted by Gasteiger charge is -2.61. The number of aromatic hydroxyl groups is 1. The first kappa shape index (κ1) is 46.1. The van der Waals surface area contributed by atoms with E-state index in [1.165, 1.54) is 4.90 Å². The largest absolute Gasteiger partial charge is 0.507 e. The Kier molecular flexibility index (Phi) is 12.3. The summed E-state index contributed by atoms with van der Waals surface area (Å²) in [5.74, 6) is 2.89. The highest BCUT2D eigenvalue weighted by atomic mass is 16.3. The van der Waals surface area contributed by atoms with Crippen LogP contribution in [0, 0.1) is 23.2 Å². The second kappa shape index (κ2) is 18.4. The number of benzene rings is 2. The second-order valence-electron chi connectivity index (χ2n) is 20.9. The average Bonchev–Trinajstić information content (AvgIpc) is 3.91. The molecule has 17 heteroatoms. The van der Waals surface area contributed by atoms with E-state index in [0.717, 1.165) is 72.1 Å². The lowest BCUT2D eigenvalue weighted by atomic mass is 9.60. The quantitative estimate of drug-likeness (QED) is 0.109. The maximum absolute atomic E-state index is 14.2. The molecule has 4 atom stereocenters. The number of fused-ring (bicyclic) bond motifs is 3. The minimum Gasteiger partial charge on any atom is -0.507 e. The van der Waals surface area contributed by atoms with Gasteiger partial charge in [-0.1, -0.05) is 51.0 Å². The van der Waals surface area contributed by atoms with E-state index in [-0.39, 0.29) is 61.2 Å². The molecule has 4 fully saturated rings. The van der Waals surface area contributed by atoms with E-state index in [9.17, 15) is 29.7 Å². The fraction of sp³-hybridized carbons (Fsp3) is 0.481. The Morgan fingerprint density at radius 1 is 1.00 bits per heavy atom. The van der Waals surface area contributed by atoms with E-state index in [0.29, 0.717) is 60.9 Å². The number of hydrogen-bond acceptors (Lipinski definition) is 12. The number of aromatic nitrogens is 5. The maximum atomic E-state index is 14.2. The summed E-state index contributed by atoms with van der Waals surface area (Å²) in [5.41, 5.74) is 5.88. The Bertz CT molecular complexity index is 2760. The number of carbonyl (C=O) groups is 3. The molecule has 69 heavy (non-hydrogen) atoms. The number of terminal acetylenes is 1. The van der Waals surface area contributed by atoms with Crippen LogP contribution < -0.4 is 15.5 Å². The molecule has 1 spiro atoms. The molecular formula is C52H61N11O6. The number of nitrogens with zero attached hydrogens (tertiary/aromatic N) is 8. The van der Waals surface area contributed by atoms with Crippen molar-refractivity contribution in [3.05, 3.63) is 94.9 Å². The third-order valence-electron chi connectivity index (χ3n) is 15.3. The van der Waals surface area contributed by atoms with Crippen molar-refractivity contribution in [2.45, 2.75) is 102 Å². The van der Waals surface area contributed by atoms with E-state index in [2.05, 4.69) is 41.5 Å². The molecule has 2 aromatic carbocycles. The molecule has 7 heterocycles. The normalized spacial score (nSPS) is 22.1. The van der Waals surface area contributed by atoms with Crippen LogP contribution in [0.1, 0.15) is 92.8 Å². The summed E-state index contributed by atoms with van der Waals surface area (Å²) in [7, 11) is 0. The molecule has 5 aromatic rings. The van der Waals surface area contributed by atoms with Gasteiger partial charge in [-0.15, -0.1) is 16.6 Å². The van der Waals surface area contributed by atoms with E-state index in [1.54, 1.807) is 35.2 Å². The molecule has 6 N–H and O–H groups in total. The van der Waals surface area contributed by atoms with Crippen LogP contribution in [-0.2, 0) is 22.6 Å². The number of aromatic amines is 1. The Hall–Kier alpha value is -6.61. The van der Waals surface area contributed by atoms with E-state index in [4.69, 9.17) is 16.4 Å². The molecule has 4 aliphatic heterocycles. The van der Waals surface area contributed by atoms with Gasteiger partial charge in [-0.2, -0.15) is 0 Å². The fourth-order valence-corrected chi connectivity index (χ4v) is 11.4. The van der Waals surface area contributed by atoms with Crippen molar-refractivity contribution in [1.29, 1.82) is 0 Å². The van der Waals surface area contributed by atoms with Crippen LogP contribution in [0.2, 0.25) is 0 Å². The predicted octanol–water partition coefficient (Wildman–Crippen LogP) is 4.24. The van der Waals surface area contributed by atoms with Gasteiger partial charge in [0.15, 0.2) is 5.65 Å². The van der Waals surface area contributed by atoms with Crippen LogP contribution in [0.4, 0.5) is 10.7 Å². The molecule has 3 saturated heterocycles. The summed E-state index contributed by atoms with van der Waals surface area (Å²) in [4.78, 5) is 62.3. The molecule has 10 rings (SSSR count). The van der Waals surface area contributed by atoms with Crippen LogP contribution in [0.15, 0.2) is 67.0 Å². The van der Waals surface area contributed by atoms with Gasteiger partial charge >= 0.3 is 6.03 Å². The molecule has 17 nitrogen and oxygen atoms in total. The second-order valence-corrected chi connectivity index (χ2v) is 20.9. The average molecular weight is 936 g/mol. The summed E-state index contributed by atoms with van der Waals surface area (Å²) in [6.07, 6.45) is 13.4. The van der Waals surface area contributed by atoms with Crippen LogP contribution in [0.25, 0.3) is 22.3 Å². The van der Waals surface area contributed by atoms with Gasteiger partial charge in [0.2, 0.25) is 17.8 Å². The number of urea groups is 1. The zero-order valence-electron chi connectivity index (χ0n) is 39.4. The summed E-state index contributed by atoms with van der Waals surface area (Å²) in [6.45, 7) is 9.68. The summed E-state index contributed by atoms with van der Waals surface area (Å²) in [6, 6.07) is 14.3. The highest BCUT2D eigenvalue weighted by Gasteiger charge is 2.56. The Morgan fingerprint density at radius 3 is 2.41 bits per heavy atom. The van der Waals surface area contributed by atoms with Crippen LogP contribution in [0.3, 0.4) is 0 Å². The number of likely N-dealkylation sites (tertiary alicyclic amines) is 3. The molecule has 0 bridgehead atoms. The zero-order valence-corrected chi connectivity index (χ0v) is 39.4. The molecule has 1 aliphatic carbocycles. The van der Waals surface area contributed by atoms with Crippen molar-refractivity contribution < 1.29 is 29.7 Å². The molecule has 0 radical (unpaired) electrons. The molecule has 4 amide bonds. The number of hydrogen-bond donors (Lipinski definition) is 6. The van der Waals surface area contributed by atoms with Crippen molar-refractivity contribution >= 4 is 34.8 Å². The number of rotatable bonds is 10. The number of aliphatic hydroxyl groups excluding tert-OH is 2. The number of phenols is 1. The molecule has 5 aliphatic rings. The molecule has 3 aromatic heterocycles. The predicted molar refractivity (Wildman–Crippen MR) is 259 cm³/mol. The highest BCUT2D eigenvalue weighted by molar-refractivity contribution is 5.93. The van der Waals surface area contributed by atoms with E-state index >= 15 is 0 Å². The summed E-state index contributed by atoms with van der Waals surface area (Å²) < 4.78 is 0. The van der Waals surface area contributed by atoms with Gasteiger partial charge in [0, 0.05) is 97.2 Å². The number of β-amino-alcohol motifs (C(OH)–C–C–N with tert-alkyl or cyclic N) is 1. The molecule has 360 valence electrons. The first-order valence-electron chi connectivity index (χ1n) is 24.2. The van der Waals surface area contributed by atoms with Gasteiger partial charge < -0.3 is 50.5 Å². The van der Waals surface area contributed by atoms with Gasteiger partial charge in [0.25, 0.3) is 0 Å². The van der Waals surface area contributed by atoms with Crippen molar-refractivity contribution in [1.82, 2.24) is 50.5 Å². The zero-order chi connectivity index (χ0) is 48.2. The summed E-state index contributed by atoms with van der Waals surface area (Å²) in [5, 5.41) is 47.4. The van der Waals surface area contributed by atoms with Gasteiger partial charge in [0.05, 0.1) is 24.4 Å². The Balaban J connectivity index is 0.700. The Morgan fingerprint density at radius 2 is 1.72 bits per heavy atom. The fourth-order valence-electron chi connectivity index (χ4n) is 11.4. The number of phenolic OH excluding ortho intramolecular Hbond substituents is 1. The van der Waals surface area contributed by atoms with Crippen molar-refractivity contribution in [2.24, 2.45) is 10.8 Å². The van der Waals surface area contributed by atoms with Gasteiger partial charge in [0.1, 0.15) is 17.8 Å². The lowest BCUT2D eigenvalue weighted by molar-refractivity contribution is -0.142. The van der Waals surface area contributed by atoms with Gasteiger partial charge in [-0.3, -0.25) is 9.59 Å². The van der Waals surface area contributed by atoms with Crippen molar-refractivity contribution in [3.8, 4) is 29.4 Å². The van der Waals surface area contributed by atoms with Gasteiger partial charge in [-0.25, -0.2) is 14.8 Å². The monoisotopic (exact) mass is 935 g/mol.